The number of carbonyl (C=O) groups excluding carboxylic acids is 1. The van der Waals surface area contributed by atoms with Crippen molar-refractivity contribution < 1.29 is 9.53 Å². The third-order valence-corrected chi connectivity index (χ3v) is 4.15. The smallest absolute Gasteiger partial charge is 0.244 e. The topological polar surface area (TPSA) is 64.3 Å². The van der Waals surface area contributed by atoms with Crippen LogP contribution < -0.4 is 15.8 Å². The van der Waals surface area contributed by atoms with Gasteiger partial charge in [-0.15, -0.1) is 0 Å². The van der Waals surface area contributed by atoms with Crippen molar-refractivity contribution in [2.45, 2.75) is 6.04 Å². The number of methoxy groups -OCH3 is 1. The molecule has 0 saturated carbocycles. The summed E-state index contributed by atoms with van der Waals surface area (Å²) < 4.78 is 6.90. The first-order valence-electron chi connectivity index (χ1n) is 6.16. The van der Waals surface area contributed by atoms with Crippen LogP contribution in [0.2, 0.25) is 0 Å². The lowest BCUT2D eigenvalue weighted by atomic mass is 10.1. The summed E-state index contributed by atoms with van der Waals surface area (Å²) in [5.74, 6) is 0.194. The fourth-order valence-corrected chi connectivity index (χ4v) is 2.79. The van der Waals surface area contributed by atoms with E-state index in [4.69, 9.17) is 10.5 Å². The molecule has 3 N–H and O–H groups in total. The van der Waals surface area contributed by atoms with Gasteiger partial charge in [-0.2, -0.15) is 0 Å². The average molecular weight is 414 g/mol. The van der Waals surface area contributed by atoms with Crippen molar-refractivity contribution in [3.8, 4) is 5.75 Å². The van der Waals surface area contributed by atoms with E-state index in [2.05, 4.69) is 37.2 Å². The van der Waals surface area contributed by atoms with Gasteiger partial charge in [0.1, 0.15) is 11.8 Å². The average Bonchev–Trinajstić information content (AvgIpc) is 2.45. The van der Waals surface area contributed by atoms with Crippen LogP contribution in [0.15, 0.2) is 51.4 Å². The summed E-state index contributed by atoms with van der Waals surface area (Å²) >= 11 is 6.84. The van der Waals surface area contributed by atoms with Gasteiger partial charge in [0.25, 0.3) is 0 Å². The van der Waals surface area contributed by atoms with E-state index in [9.17, 15) is 4.79 Å². The van der Waals surface area contributed by atoms with Crippen LogP contribution in [0.4, 0.5) is 5.69 Å². The van der Waals surface area contributed by atoms with Crippen molar-refractivity contribution in [1.82, 2.24) is 0 Å². The second kappa shape index (κ2) is 6.95. The van der Waals surface area contributed by atoms with E-state index >= 15 is 0 Å². The highest BCUT2D eigenvalue weighted by Crippen LogP contribution is 2.30. The molecule has 110 valence electrons. The summed E-state index contributed by atoms with van der Waals surface area (Å²) in [5, 5.41) is 3.14. The van der Waals surface area contributed by atoms with Crippen LogP contribution in [-0.2, 0) is 4.79 Å². The molecule has 2 rings (SSSR count). The highest BCUT2D eigenvalue weighted by molar-refractivity contribution is 9.10. The Kier molecular flexibility index (Phi) is 5.25. The number of hydrogen-bond donors (Lipinski definition) is 2. The van der Waals surface area contributed by atoms with Gasteiger partial charge in [0.05, 0.1) is 7.11 Å². The molecule has 0 radical (unpaired) electrons. The number of primary amides is 1. The summed E-state index contributed by atoms with van der Waals surface area (Å²) in [6, 6.07) is 12.3. The number of nitrogens with two attached hydrogens (primary N) is 1. The van der Waals surface area contributed by atoms with Crippen molar-refractivity contribution in [3.63, 3.8) is 0 Å². The quantitative estimate of drug-likeness (QED) is 0.782. The Balaban J connectivity index is 2.37. The van der Waals surface area contributed by atoms with Gasteiger partial charge in [-0.05, 0) is 36.4 Å². The predicted octanol–water partition coefficient (Wildman–Crippen LogP) is 3.86. The molecule has 0 aromatic heterocycles. The van der Waals surface area contributed by atoms with Gasteiger partial charge in [0, 0.05) is 20.2 Å². The van der Waals surface area contributed by atoms with Gasteiger partial charge < -0.3 is 15.8 Å². The van der Waals surface area contributed by atoms with E-state index in [1.54, 1.807) is 13.2 Å². The molecular formula is C15H14Br2N2O2. The summed E-state index contributed by atoms with van der Waals surface area (Å²) in [5.41, 5.74) is 7.06. The third kappa shape index (κ3) is 3.98. The lowest BCUT2D eigenvalue weighted by Gasteiger charge is -2.19. The number of anilines is 1. The first-order valence-corrected chi connectivity index (χ1v) is 7.74. The normalized spacial score (nSPS) is 11.8. The van der Waals surface area contributed by atoms with Gasteiger partial charge in [-0.1, -0.05) is 37.9 Å². The van der Waals surface area contributed by atoms with Crippen molar-refractivity contribution in [1.29, 1.82) is 0 Å². The molecule has 2 aromatic rings. The number of benzene rings is 2. The number of rotatable bonds is 5. The Bertz CT molecular complexity index is 662. The molecule has 0 aliphatic carbocycles. The first kappa shape index (κ1) is 15.9. The number of ether oxygens (including phenoxy) is 1. The van der Waals surface area contributed by atoms with E-state index in [1.165, 1.54) is 0 Å². The Morgan fingerprint density at radius 1 is 1.24 bits per heavy atom. The van der Waals surface area contributed by atoms with E-state index in [0.717, 1.165) is 20.2 Å². The minimum Gasteiger partial charge on any atom is -0.497 e. The maximum atomic E-state index is 11.8. The second-order valence-electron chi connectivity index (χ2n) is 4.38. The third-order valence-electron chi connectivity index (χ3n) is 2.93. The van der Waals surface area contributed by atoms with Crippen LogP contribution in [0.25, 0.3) is 0 Å². The largest absolute Gasteiger partial charge is 0.497 e. The van der Waals surface area contributed by atoms with Crippen molar-refractivity contribution in [2.75, 3.05) is 12.4 Å². The molecule has 2 aromatic carbocycles. The maximum Gasteiger partial charge on any atom is 0.244 e. The molecule has 1 amide bonds. The molecule has 0 heterocycles. The van der Waals surface area contributed by atoms with Crippen molar-refractivity contribution in [3.05, 3.63) is 57.0 Å². The molecule has 21 heavy (non-hydrogen) atoms. The molecule has 1 unspecified atom stereocenters. The van der Waals surface area contributed by atoms with Crippen molar-refractivity contribution >= 4 is 43.5 Å². The molecule has 6 heteroatoms. The summed E-state index contributed by atoms with van der Waals surface area (Å²) in [4.78, 5) is 11.8. The Morgan fingerprint density at radius 3 is 2.62 bits per heavy atom. The standard InChI is InChI=1S/C15H14Br2N2O2/c1-21-11-5-6-13(17)12(8-11)14(15(18)20)19-10-4-2-3-9(16)7-10/h2-8,14,19H,1H3,(H2,18,20). The maximum absolute atomic E-state index is 11.8. The molecule has 0 bridgehead atoms. The summed E-state index contributed by atoms with van der Waals surface area (Å²) in [7, 11) is 1.58. The van der Waals surface area contributed by atoms with Crippen LogP contribution in [-0.4, -0.2) is 13.0 Å². The van der Waals surface area contributed by atoms with Crippen LogP contribution in [0.1, 0.15) is 11.6 Å². The molecule has 4 nitrogen and oxygen atoms in total. The summed E-state index contributed by atoms with van der Waals surface area (Å²) in [6.07, 6.45) is 0. The SMILES string of the molecule is COc1ccc(Br)c(C(Nc2cccc(Br)c2)C(N)=O)c1. The van der Waals surface area contributed by atoms with Crippen LogP contribution in [0.5, 0.6) is 5.75 Å². The highest BCUT2D eigenvalue weighted by Gasteiger charge is 2.21. The van der Waals surface area contributed by atoms with E-state index in [1.807, 2.05) is 36.4 Å². The van der Waals surface area contributed by atoms with E-state index in [-0.39, 0.29) is 0 Å². The Hall–Kier alpha value is -1.53. The van der Waals surface area contributed by atoms with Crippen molar-refractivity contribution in [2.24, 2.45) is 5.73 Å². The van der Waals surface area contributed by atoms with Crippen LogP contribution >= 0.6 is 31.9 Å². The van der Waals surface area contributed by atoms with E-state index in [0.29, 0.717) is 5.75 Å². The Morgan fingerprint density at radius 2 is 2.00 bits per heavy atom. The number of halogens is 2. The zero-order valence-electron chi connectivity index (χ0n) is 11.3. The molecule has 0 spiro atoms. The lowest BCUT2D eigenvalue weighted by molar-refractivity contribution is -0.118. The minimum absolute atomic E-state index is 0.469. The molecule has 0 saturated heterocycles. The highest BCUT2D eigenvalue weighted by atomic mass is 79.9. The number of carbonyl (C=O) groups is 1. The van der Waals surface area contributed by atoms with Gasteiger partial charge >= 0.3 is 0 Å². The summed E-state index contributed by atoms with van der Waals surface area (Å²) in [6.45, 7) is 0. The monoisotopic (exact) mass is 412 g/mol. The molecule has 0 aliphatic heterocycles. The lowest BCUT2D eigenvalue weighted by Crippen LogP contribution is -2.28. The van der Waals surface area contributed by atoms with Crippen LogP contribution in [0, 0.1) is 0 Å². The van der Waals surface area contributed by atoms with Gasteiger partial charge in [0.15, 0.2) is 0 Å². The van der Waals surface area contributed by atoms with Gasteiger partial charge in [-0.3, -0.25) is 4.79 Å². The number of amides is 1. The van der Waals surface area contributed by atoms with Gasteiger partial charge in [-0.25, -0.2) is 0 Å². The fourth-order valence-electron chi connectivity index (χ4n) is 1.92. The number of hydrogen-bond acceptors (Lipinski definition) is 3. The van der Waals surface area contributed by atoms with Gasteiger partial charge in [0.2, 0.25) is 5.91 Å². The molecule has 0 fully saturated rings. The second-order valence-corrected chi connectivity index (χ2v) is 6.15. The molecular weight excluding hydrogens is 400 g/mol. The number of nitrogens with one attached hydrogen (secondary N) is 1. The minimum atomic E-state index is -0.663. The van der Waals surface area contributed by atoms with Crippen LogP contribution in [0.3, 0.4) is 0 Å². The molecule has 1 atom stereocenters. The Labute approximate surface area is 139 Å². The zero-order chi connectivity index (χ0) is 15.4. The fraction of sp³-hybridized carbons (Fsp3) is 0.133. The first-order chi connectivity index (χ1) is 10.0. The van der Waals surface area contributed by atoms with E-state index < -0.39 is 11.9 Å². The predicted molar refractivity (Wildman–Crippen MR) is 90.4 cm³/mol. The molecule has 0 aliphatic rings. The zero-order valence-corrected chi connectivity index (χ0v) is 14.4.